The molecule has 0 atom stereocenters. The lowest BCUT2D eigenvalue weighted by atomic mass is 9.98. The van der Waals surface area contributed by atoms with Gasteiger partial charge in [-0.3, -0.25) is 4.79 Å². The molecule has 0 aromatic carbocycles. The molecule has 2 rings (SSSR count). The molecule has 120 valence electrons. The van der Waals surface area contributed by atoms with Crippen LogP contribution in [-0.4, -0.2) is 35.1 Å². The average molecular weight is 309 g/mol. The summed E-state index contributed by atoms with van der Waals surface area (Å²) >= 11 is 0. The van der Waals surface area contributed by atoms with Crippen molar-refractivity contribution in [3.63, 3.8) is 0 Å². The van der Waals surface area contributed by atoms with E-state index in [2.05, 4.69) is 16.0 Å². The summed E-state index contributed by atoms with van der Waals surface area (Å²) in [5.41, 5.74) is -1.19. The van der Waals surface area contributed by atoms with E-state index in [9.17, 15) is 19.5 Å². The second-order valence-electron chi connectivity index (χ2n) is 5.26. The topological polar surface area (TPSA) is 121 Å². The van der Waals surface area contributed by atoms with Crippen molar-refractivity contribution in [1.82, 2.24) is 16.0 Å². The van der Waals surface area contributed by atoms with Crippen molar-refractivity contribution in [2.75, 3.05) is 6.54 Å². The third-order valence-corrected chi connectivity index (χ3v) is 3.66. The molecule has 8 nitrogen and oxygen atoms in total. The summed E-state index contributed by atoms with van der Waals surface area (Å²) in [4.78, 5) is 34.7. The van der Waals surface area contributed by atoms with Gasteiger partial charge in [0.05, 0.1) is 19.4 Å². The third kappa shape index (κ3) is 4.00. The fourth-order valence-electron chi connectivity index (χ4n) is 2.49. The van der Waals surface area contributed by atoms with E-state index >= 15 is 0 Å². The van der Waals surface area contributed by atoms with Crippen molar-refractivity contribution in [3.05, 3.63) is 24.2 Å². The maximum Gasteiger partial charge on any atom is 0.329 e. The van der Waals surface area contributed by atoms with Gasteiger partial charge in [-0.2, -0.15) is 0 Å². The summed E-state index contributed by atoms with van der Waals surface area (Å²) in [6.07, 6.45) is 3.86. The Bertz CT molecular complexity index is 535. The van der Waals surface area contributed by atoms with Gasteiger partial charge in [-0.1, -0.05) is 12.8 Å². The van der Waals surface area contributed by atoms with Crippen molar-refractivity contribution in [3.8, 4) is 0 Å². The number of hydrogen-bond donors (Lipinski definition) is 4. The molecule has 8 heteroatoms. The Hall–Kier alpha value is -2.51. The first kappa shape index (κ1) is 15.9. The second kappa shape index (κ2) is 6.97. The largest absolute Gasteiger partial charge is 0.480 e. The highest BCUT2D eigenvalue weighted by atomic mass is 16.4. The molecule has 1 aliphatic rings. The Kier molecular flexibility index (Phi) is 5.03. The molecule has 3 amide bonds. The van der Waals surface area contributed by atoms with Gasteiger partial charge in [0.1, 0.15) is 11.3 Å². The molecular formula is C14H19N3O5. The third-order valence-electron chi connectivity index (χ3n) is 3.66. The number of carboxylic acid groups (broad SMARTS) is 1. The summed E-state index contributed by atoms with van der Waals surface area (Å²) < 4.78 is 5.05. The fourth-order valence-corrected chi connectivity index (χ4v) is 2.49. The van der Waals surface area contributed by atoms with Crippen LogP contribution in [0.25, 0.3) is 0 Å². The van der Waals surface area contributed by atoms with E-state index in [1.165, 1.54) is 6.26 Å². The molecule has 0 unspecified atom stereocenters. The minimum Gasteiger partial charge on any atom is -0.480 e. The van der Waals surface area contributed by atoms with Crippen LogP contribution in [0, 0.1) is 0 Å². The SMILES string of the molecule is O=C(CNC(=O)NCc1ccco1)NC1(C(=O)O)CCCC1. The van der Waals surface area contributed by atoms with Gasteiger partial charge in [-0.15, -0.1) is 0 Å². The molecule has 1 aromatic heterocycles. The highest BCUT2D eigenvalue weighted by Crippen LogP contribution is 2.29. The van der Waals surface area contributed by atoms with E-state index in [1.54, 1.807) is 12.1 Å². The molecule has 0 saturated heterocycles. The van der Waals surface area contributed by atoms with E-state index in [-0.39, 0.29) is 13.1 Å². The number of amides is 3. The van der Waals surface area contributed by atoms with Crippen molar-refractivity contribution in [1.29, 1.82) is 0 Å². The molecule has 4 N–H and O–H groups in total. The molecule has 0 bridgehead atoms. The van der Waals surface area contributed by atoms with Gasteiger partial charge in [-0.25, -0.2) is 9.59 Å². The molecule has 0 aliphatic heterocycles. The lowest BCUT2D eigenvalue weighted by Crippen LogP contribution is -2.55. The number of urea groups is 1. The first-order valence-electron chi connectivity index (χ1n) is 7.10. The van der Waals surface area contributed by atoms with E-state index in [0.717, 1.165) is 12.8 Å². The first-order valence-corrected chi connectivity index (χ1v) is 7.10. The number of carboxylic acids is 1. The number of carbonyl (C=O) groups is 3. The predicted molar refractivity (Wildman–Crippen MR) is 75.9 cm³/mol. The van der Waals surface area contributed by atoms with Crippen molar-refractivity contribution >= 4 is 17.9 Å². The van der Waals surface area contributed by atoms with Crippen molar-refractivity contribution in [2.24, 2.45) is 0 Å². The Morgan fingerprint density at radius 1 is 1.23 bits per heavy atom. The lowest BCUT2D eigenvalue weighted by molar-refractivity contribution is -0.147. The molecular weight excluding hydrogens is 290 g/mol. The summed E-state index contributed by atoms with van der Waals surface area (Å²) in [7, 11) is 0. The first-order chi connectivity index (χ1) is 10.5. The van der Waals surface area contributed by atoms with Gasteiger partial charge in [0.25, 0.3) is 0 Å². The zero-order chi connectivity index (χ0) is 16.0. The summed E-state index contributed by atoms with van der Waals surface area (Å²) in [6.45, 7) is -0.0709. The number of hydrogen-bond acceptors (Lipinski definition) is 4. The van der Waals surface area contributed by atoms with Gasteiger partial charge < -0.3 is 25.5 Å². The van der Waals surface area contributed by atoms with Gasteiger partial charge in [-0.05, 0) is 25.0 Å². The van der Waals surface area contributed by atoms with Crippen LogP contribution in [0.5, 0.6) is 0 Å². The minimum atomic E-state index is -1.19. The smallest absolute Gasteiger partial charge is 0.329 e. The summed E-state index contributed by atoms with van der Waals surface area (Å²) in [5.74, 6) is -0.951. The Morgan fingerprint density at radius 3 is 2.55 bits per heavy atom. The number of nitrogens with one attached hydrogen (secondary N) is 3. The van der Waals surface area contributed by atoms with Crippen LogP contribution >= 0.6 is 0 Å². The highest BCUT2D eigenvalue weighted by Gasteiger charge is 2.42. The molecule has 1 aromatic rings. The van der Waals surface area contributed by atoms with E-state index < -0.39 is 23.4 Å². The maximum atomic E-state index is 11.8. The predicted octanol–water partition coefficient (Wildman–Crippen LogP) is 0.592. The number of carbonyl (C=O) groups excluding carboxylic acids is 2. The van der Waals surface area contributed by atoms with Crippen LogP contribution in [-0.2, 0) is 16.1 Å². The Morgan fingerprint density at radius 2 is 1.95 bits per heavy atom. The zero-order valence-electron chi connectivity index (χ0n) is 12.1. The standard InChI is InChI=1S/C14H19N3O5/c18-11(17-14(12(19)20)5-1-2-6-14)9-16-13(21)15-8-10-4-3-7-22-10/h3-4,7H,1-2,5-6,8-9H2,(H,17,18)(H,19,20)(H2,15,16,21). The quantitative estimate of drug-likeness (QED) is 0.613. The number of aliphatic carboxylic acids is 1. The molecule has 1 saturated carbocycles. The van der Waals surface area contributed by atoms with Gasteiger partial charge in [0, 0.05) is 0 Å². The molecule has 1 aliphatic carbocycles. The monoisotopic (exact) mass is 309 g/mol. The summed E-state index contributed by atoms with van der Waals surface area (Å²) in [6, 6.07) is 2.89. The number of furan rings is 1. The van der Waals surface area contributed by atoms with Crippen LogP contribution in [0.3, 0.4) is 0 Å². The highest BCUT2D eigenvalue weighted by molar-refractivity contribution is 5.89. The van der Waals surface area contributed by atoms with E-state index in [1.807, 2.05) is 0 Å². The van der Waals surface area contributed by atoms with Crippen LogP contribution in [0.1, 0.15) is 31.4 Å². The molecule has 22 heavy (non-hydrogen) atoms. The molecule has 0 radical (unpaired) electrons. The van der Waals surface area contributed by atoms with Crippen LogP contribution in [0.2, 0.25) is 0 Å². The average Bonchev–Trinajstić information content (AvgIpc) is 3.14. The Balaban J connectivity index is 1.72. The van der Waals surface area contributed by atoms with Gasteiger partial charge in [0.15, 0.2) is 0 Å². The molecule has 0 spiro atoms. The summed E-state index contributed by atoms with van der Waals surface area (Å²) in [5, 5.41) is 16.7. The van der Waals surface area contributed by atoms with Crippen LogP contribution in [0.15, 0.2) is 22.8 Å². The van der Waals surface area contributed by atoms with Crippen molar-refractivity contribution < 1.29 is 23.9 Å². The van der Waals surface area contributed by atoms with Crippen LogP contribution < -0.4 is 16.0 Å². The van der Waals surface area contributed by atoms with Crippen molar-refractivity contribution in [2.45, 2.75) is 37.8 Å². The second-order valence-corrected chi connectivity index (χ2v) is 5.26. The lowest BCUT2D eigenvalue weighted by Gasteiger charge is -2.25. The normalized spacial score (nSPS) is 16.0. The van der Waals surface area contributed by atoms with Gasteiger partial charge >= 0.3 is 12.0 Å². The number of rotatable bonds is 6. The fraction of sp³-hybridized carbons (Fsp3) is 0.500. The van der Waals surface area contributed by atoms with Gasteiger partial charge in [0.2, 0.25) is 5.91 Å². The maximum absolute atomic E-state index is 11.8. The zero-order valence-corrected chi connectivity index (χ0v) is 12.1. The van der Waals surface area contributed by atoms with Crippen LogP contribution in [0.4, 0.5) is 4.79 Å². The molecule has 1 fully saturated rings. The molecule has 1 heterocycles. The Labute approximate surface area is 127 Å². The minimum absolute atomic E-state index is 0.208. The van der Waals surface area contributed by atoms with E-state index in [4.69, 9.17) is 4.42 Å². The van der Waals surface area contributed by atoms with E-state index in [0.29, 0.717) is 18.6 Å².